The zero-order chi connectivity index (χ0) is 95.9. The van der Waals surface area contributed by atoms with Crippen LogP contribution in [0.1, 0.15) is 172 Å². The van der Waals surface area contributed by atoms with Gasteiger partial charge in [0.05, 0.1) is 94.2 Å². The van der Waals surface area contributed by atoms with Crippen LogP contribution in [0.2, 0.25) is 0 Å². The Balaban J connectivity index is 0.000000195. The largest absolute Gasteiger partial charge is 0.465 e. The van der Waals surface area contributed by atoms with E-state index in [4.69, 9.17) is 18.9 Å². The molecular formula is C94H76F12N12O12. The number of Topliss-reactive ketones (excluding diaryl/α,β-unsaturated/α-hetero) is 4. The van der Waals surface area contributed by atoms with Gasteiger partial charge in [0.15, 0.2) is 23.1 Å². The molecule has 0 radical (unpaired) electrons. The highest BCUT2D eigenvalue weighted by Gasteiger charge is 2.36. The van der Waals surface area contributed by atoms with E-state index in [0.29, 0.717) is 111 Å². The highest BCUT2D eigenvalue weighted by molar-refractivity contribution is 6.13. The third kappa shape index (κ3) is 23.7. The number of aromatic nitrogens is 8. The molecule has 0 aliphatic carbocycles. The molecule has 0 unspecified atom stereocenters. The molecule has 0 fully saturated rings. The Morgan fingerprint density at radius 3 is 0.708 bits per heavy atom. The summed E-state index contributed by atoms with van der Waals surface area (Å²) >= 11 is 0. The summed E-state index contributed by atoms with van der Waals surface area (Å²) < 4.78 is 185. The number of methoxy groups -OCH3 is 2. The van der Waals surface area contributed by atoms with E-state index < -0.39 is 94.0 Å². The van der Waals surface area contributed by atoms with Gasteiger partial charge in [-0.05, 0) is 189 Å². The fourth-order valence-corrected chi connectivity index (χ4v) is 14.0. The fourth-order valence-electron chi connectivity index (χ4n) is 14.0. The van der Waals surface area contributed by atoms with Crippen molar-refractivity contribution in [1.82, 2.24) is 38.2 Å². The maximum absolute atomic E-state index is 13.3. The Labute approximate surface area is 733 Å². The summed E-state index contributed by atoms with van der Waals surface area (Å²) in [4.78, 5) is 114. The smallest absolute Gasteiger partial charge is 0.416 e. The number of carbonyl (C=O) groups is 8. The minimum Gasteiger partial charge on any atom is -0.465 e. The summed E-state index contributed by atoms with van der Waals surface area (Å²) in [6.45, 7) is 14.9. The molecule has 0 saturated heterocycles. The molecule has 12 aromatic rings. The number of pyridine rings is 4. The second-order valence-electron chi connectivity index (χ2n) is 29.2. The van der Waals surface area contributed by atoms with Crippen LogP contribution in [-0.4, -0.2) is 113 Å². The van der Waals surface area contributed by atoms with Gasteiger partial charge in [-0.2, -0.15) is 73.7 Å². The van der Waals surface area contributed by atoms with Gasteiger partial charge in [0.25, 0.3) is 0 Å². The van der Waals surface area contributed by atoms with Crippen molar-refractivity contribution in [2.75, 3.05) is 27.4 Å². The fraction of sp³-hybridized carbons (Fsp3) is 0.234. The number of halogens is 12. The summed E-state index contributed by atoms with van der Waals surface area (Å²) in [6.07, 6.45) is -0.911. The van der Waals surface area contributed by atoms with Gasteiger partial charge in [-0.25, -0.2) is 39.1 Å². The van der Waals surface area contributed by atoms with Crippen molar-refractivity contribution < 1.29 is 110 Å². The molecule has 0 bridgehead atoms. The van der Waals surface area contributed by atoms with Gasteiger partial charge < -0.3 is 37.2 Å². The number of alkyl halides is 12. The number of carbonyl (C=O) groups excluding carboxylic acids is 8. The van der Waals surface area contributed by atoms with Crippen molar-refractivity contribution in [3.05, 3.63) is 280 Å². The molecule has 0 aliphatic rings. The van der Waals surface area contributed by atoms with E-state index >= 15 is 0 Å². The van der Waals surface area contributed by atoms with Gasteiger partial charge in [-0.3, -0.25) is 19.2 Å². The lowest BCUT2D eigenvalue weighted by atomic mass is 10.1. The van der Waals surface area contributed by atoms with Gasteiger partial charge in [0, 0.05) is 120 Å². The highest BCUT2D eigenvalue weighted by Crippen LogP contribution is 2.39. The van der Waals surface area contributed by atoms with Crippen molar-refractivity contribution in [2.45, 2.75) is 120 Å². The minimum atomic E-state index is -4.49. The Bertz CT molecular complexity index is 6440. The highest BCUT2D eigenvalue weighted by atomic mass is 19.4. The average molecular weight is 1790 g/mol. The predicted octanol–water partition coefficient (Wildman–Crippen LogP) is 19.6. The molecule has 0 atom stereocenters. The summed E-state index contributed by atoms with van der Waals surface area (Å²) in [5, 5.41) is 38.5. The van der Waals surface area contributed by atoms with Crippen molar-refractivity contribution in [3.8, 4) is 24.3 Å². The zero-order valence-electron chi connectivity index (χ0n) is 71.2. The number of ether oxygens (including phenoxy) is 4. The van der Waals surface area contributed by atoms with E-state index in [2.05, 4.69) is 19.9 Å². The average Bonchev–Trinajstić information content (AvgIpc) is 1.63. The molecule has 8 aromatic heterocycles. The first-order valence-corrected chi connectivity index (χ1v) is 38.8. The van der Waals surface area contributed by atoms with Crippen LogP contribution >= 0.6 is 0 Å². The van der Waals surface area contributed by atoms with E-state index in [-0.39, 0.29) is 83.9 Å². The number of ketones is 4. The molecule has 130 heavy (non-hydrogen) atoms. The van der Waals surface area contributed by atoms with E-state index in [0.717, 1.165) is 48.5 Å². The Kier molecular flexibility index (Phi) is 31.0. The lowest BCUT2D eigenvalue weighted by molar-refractivity contribution is -0.138. The van der Waals surface area contributed by atoms with Crippen LogP contribution in [0.4, 0.5) is 52.7 Å². The first-order chi connectivity index (χ1) is 61.2. The Hall–Kier alpha value is -15.7. The van der Waals surface area contributed by atoms with Crippen molar-refractivity contribution in [2.24, 2.45) is 0 Å². The maximum atomic E-state index is 13.3. The Morgan fingerprint density at radius 1 is 0.338 bits per heavy atom. The summed E-state index contributed by atoms with van der Waals surface area (Å²) in [5.41, 5.74) is 2.96. The van der Waals surface area contributed by atoms with Crippen LogP contribution in [0.15, 0.2) is 169 Å². The van der Waals surface area contributed by atoms with Gasteiger partial charge in [0.1, 0.15) is 46.9 Å². The van der Waals surface area contributed by atoms with E-state index in [1.165, 1.54) is 115 Å². The molecule has 0 N–H and O–H groups in total. The van der Waals surface area contributed by atoms with E-state index in [1.54, 1.807) is 109 Å². The number of hydrogen-bond donors (Lipinski definition) is 0. The normalized spacial score (nSPS) is 12.0. The van der Waals surface area contributed by atoms with Gasteiger partial charge in [0.2, 0.25) is 0 Å². The van der Waals surface area contributed by atoms with Crippen molar-refractivity contribution in [3.63, 3.8) is 0 Å². The quantitative estimate of drug-likeness (QED) is 0.0200. The third-order valence-electron chi connectivity index (χ3n) is 19.4. The SMILES string of the molecule is CCOC(=O)c1ccnc2c1c(/C=C(\C#N)C(C)=O)cn2Cc1cc(C)cc(C(F)(F)F)c1.CCOC(=O)c1ccnc2c1c(/C=C(\C#N)C(C)=O)cn2Cc1cc(C)cc(C(F)(F)F)c1.COC(=O)c1ccnc2c1c(/C=C(\C#N)C(C)=O)cn2Cc1cc(C)cc(C(F)(F)F)c1.COC(=O)c1ccnc2c1c(/C=C(\C#N)C(C)=O)cn2Cc1cc(C)cc(C(F)(F)F)c1. The number of rotatable bonds is 22. The maximum Gasteiger partial charge on any atom is 0.416 e. The molecule has 0 amide bonds. The van der Waals surface area contributed by atoms with Crippen molar-refractivity contribution >= 4 is 115 Å². The number of nitriles is 4. The molecule has 0 spiro atoms. The number of fused-ring (bicyclic) bond motifs is 4. The Morgan fingerprint density at radius 2 is 0.538 bits per heavy atom. The minimum absolute atomic E-state index is 0.0225. The van der Waals surface area contributed by atoms with Crippen LogP contribution in [0.25, 0.3) is 68.4 Å². The molecule has 8 heterocycles. The van der Waals surface area contributed by atoms with Gasteiger partial charge in [-0.15, -0.1) is 0 Å². The first-order valence-electron chi connectivity index (χ1n) is 38.8. The second kappa shape index (κ2) is 41.2. The van der Waals surface area contributed by atoms with E-state index in [9.17, 15) is 112 Å². The molecule has 0 saturated carbocycles. The first kappa shape index (κ1) is 98.1. The van der Waals surface area contributed by atoms with Crippen LogP contribution in [0, 0.1) is 73.0 Å². The lowest BCUT2D eigenvalue weighted by Gasteiger charge is -2.12. The van der Waals surface area contributed by atoms with Crippen LogP contribution < -0.4 is 0 Å². The zero-order valence-corrected chi connectivity index (χ0v) is 71.2. The van der Waals surface area contributed by atoms with Crippen molar-refractivity contribution in [1.29, 1.82) is 21.0 Å². The number of hydrogen-bond acceptors (Lipinski definition) is 20. The second-order valence-corrected chi connectivity index (χ2v) is 29.2. The number of aryl methyl sites for hydroxylation is 4. The molecule has 24 nitrogen and oxygen atoms in total. The summed E-state index contributed by atoms with van der Waals surface area (Å²) in [6, 6.07) is 28.0. The van der Waals surface area contributed by atoms with E-state index in [1.807, 2.05) is 24.3 Å². The molecule has 0 aliphatic heterocycles. The molecule has 36 heteroatoms. The molecule has 4 aromatic carbocycles. The molecule has 668 valence electrons. The van der Waals surface area contributed by atoms with Crippen LogP contribution in [0.5, 0.6) is 0 Å². The third-order valence-corrected chi connectivity index (χ3v) is 19.4. The summed E-state index contributed by atoms with van der Waals surface area (Å²) in [5.74, 6) is -4.40. The van der Waals surface area contributed by atoms with Gasteiger partial charge >= 0.3 is 48.6 Å². The number of allylic oxidation sites excluding steroid dienone is 4. The number of benzene rings is 4. The standard InChI is InChI=1S/2C24H20F3N3O3.2C23H18F3N3O3/c2*1-4-33-23(32)20-5-6-29-22-21(20)18(10-17(11-28)15(3)31)13-30(22)12-16-7-14(2)8-19(9-16)24(25,26)27;2*1-13-6-15(8-18(7-13)23(24,25)26)11-29-12-17(9-16(10-27)14(2)30)20-19(22(31)32-3)4-5-28-21(20)29/h2*5-10,13H,4,12H2,1-3H3;2*4-9,12H,11H2,1-3H3/b2*17-10+;2*16-9+. The lowest BCUT2D eigenvalue weighted by Crippen LogP contribution is -2.08. The summed E-state index contributed by atoms with van der Waals surface area (Å²) in [7, 11) is 2.42. The van der Waals surface area contributed by atoms with Gasteiger partial charge in [-0.1, -0.05) is 46.5 Å². The monoisotopic (exact) mass is 1790 g/mol. The predicted molar refractivity (Wildman–Crippen MR) is 452 cm³/mol. The molecule has 12 rings (SSSR count). The number of esters is 4. The number of nitrogens with zero attached hydrogens (tertiary/aromatic N) is 12. The van der Waals surface area contributed by atoms with Crippen LogP contribution in [0.3, 0.4) is 0 Å². The topological polar surface area (TPSA) is 340 Å². The molecular weight excluding hydrogens is 1720 g/mol. The van der Waals surface area contributed by atoms with Crippen LogP contribution in [-0.2, 0) is 89.0 Å².